The van der Waals surface area contributed by atoms with Gasteiger partial charge in [0.15, 0.2) is 0 Å². The molecule has 0 saturated heterocycles. The monoisotopic (exact) mass is 200 g/mol. The van der Waals surface area contributed by atoms with Crippen molar-refractivity contribution >= 4 is 5.91 Å². The van der Waals surface area contributed by atoms with Gasteiger partial charge in [0.1, 0.15) is 0 Å². The molecule has 14 heavy (non-hydrogen) atoms. The predicted octanol–water partition coefficient (Wildman–Crippen LogP) is 1.67. The molecular weight excluding hydrogens is 176 g/mol. The third-order valence-corrected chi connectivity index (χ3v) is 2.40. The Bertz CT molecular complexity index is 159. The lowest BCUT2D eigenvalue weighted by atomic mass is 10.1. The van der Waals surface area contributed by atoms with Crippen molar-refractivity contribution in [2.45, 2.75) is 52.5 Å². The third-order valence-electron chi connectivity index (χ3n) is 2.40. The Hall–Kier alpha value is -0.570. The molecule has 0 heterocycles. The van der Waals surface area contributed by atoms with Crippen molar-refractivity contribution in [3.8, 4) is 0 Å². The van der Waals surface area contributed by atoms with Gasteiger partial charge in [-0.05, 0) is 32.2 Å². The van der Waals surface area contributed by atoms with E-state index in [4.69, 9.17) is 5.73 Å². The summed E-state index contributed by atoms with van der Waals surface area (Å²) in [5.74, 6) is 0.605. The molecule has 3 N–H and O–H groups in total. The fourth-order valence-electron chi connectivity index (χ4n) is 1.35. The smallest absolute Gasteiger partial charge is 0.220 e. The van der Waals surface area contributed by atoms with Crippen molar-refractivity contribution in [1.82, 2.24) is 5.32 Å². The zero-order valence-corrected chi connectivity index (χ0v) is 9.68. The van der Waals surface area contributed by atoms with Crippen molar-refractivity contribution < 1.29 is 4.79 Å². The summed E-state index contributed by atoms with van der Waals surface area (Å²) in [5, 5.41) is 2.98. The van der Waals surface area contributed by atoms with Crippen LogP contribution in [0.1, 0.15) is 46.5 Å². The first-order chi connectivity index (χ1) is 6.60. The van der Waals surface area contributed by atoms with E-state index in [0.29, 0.717) is 24.9 Å². The van der Waals surface area contributed by atoms with Crippen LogP contribution in [0, 0.1) is 5.92 Å². The highest BCUT2D eigenvalue weighted by Gasteiger charge is 2.07. The maximum Gasteiger partial charge on any atom is 0.220 e. The second-order valence-corrected chi connectivity index (χ2v) is 4.14. The van der Waals surface area contributed by atoms with E-state index in [9.17, 15) is 4.79 Å². The molecule has 0 radical (unpaired) electrons. The second kappa shape index (κ2) is 7.80. The number of amides is 1. The van der Waals surface area contributed by atoms with E-state index in [1.807, 2.05) is 6.92 Å². The second-order valence-electron chi connectivity index (χ2n) is 4.14. The molecule has 0 aliphatic carbocycles. The minimum Gasteiger partial charge on any atom is -0.354 e. The summed E-state index contributed by atoms with van der Waals surface area (Å²) in [6, 6.07) is 0.306. The lowest BCUT2D eigenvalue weighted by molar-refractivity contribution is -0.122. The van der Waals surface area contributed by atoms with Crippen molar-refractivity contribution in [3.05, 3.63) is 0 Å². The van der Waals surface area contributed by atoms with Gasteiger partial charge in [0.05, 0.1) is 0 Å². The minimum absolute atomic E-state index is 0.159. The van der Waals surface area contributed by atoms with Crippen LogP contribution in [0.2, 0.25) is 0 Å². The molecule has 1 amide bonds. The van der Waals surface area contributed by atoms with Gasteiger partial charge in [-0.3, -0.25) is 4.79 Å². The average Bonchev–Trinajstić information content (AvgIpc) is 2.14. The highest BCUT2D eigenvalue weighted by atomic mass is 16.1. The maximum atomic E-state index is 11.4. The molecule has 0 aromatic heterocycles. The molecule has 0 saturated carbocycles. The quantitative estimate of drug-likeness (QED) is 0.657. The lowest BCUT2D eigenvalue weighted by Crippen LogP contribution is -2.32. The molecule has 0 aromatic carbocycles. The van der Waals surface area contributed by atoms with Gasteiger partial charge in [0.2, 0.25) is 5.91 Å². The van der Waals surface area contributed by atoms with Gasteiger partial charge >= 0.3 is 0 Å². The van der Waals surface area contributed by atoms with E-state index in [1.54, 1.807) is 0 Å². The van der Waals surface area contributed by atoms with Gasteiger partial charge in [-0.25, -0.2) is 0 Å². The highest BCUT2D eigenvalue weighted by molar-refractivity contribution is 5.76. The lowest BCUT2D eigenvalue weighted by Gasteiger charge is -2.13. The number of hydrogen-bond donors (Lipinski definition) is 2. The van der Waals surface area contributed by atoms with Crippen LogP contribution in [0.3, 0.4) is 0 Å². The first-order valence-corrected chi connectivity index (χ1v) is 5.59. The van der Waals surface area contributed by atoms with Gasteiger partial charge in [-0.15, -0.1) is 0 Å². The van der Waals surface area contributed by atoms with E-state index in [1.165, 1.54) is 0 Å². The Balaban J connectivity index is 3.54. The van der Waals surface area contributed by atoms with Crippen LogP contribution in [0.15, 0.2) is 0 Å². The molecule has 2 atom stereocenters. The third kappa shape index (κ3) is 6.89. The molecular formula is C11H24N2O. The first kappa shape index (κ1) is 13.4. The summed E-state index contributed by atoms with van der Waals surface area (Å²) >= 11 is 0. The molecule has 0 aliphatic rings. The normalized spacial score (nSPS) is 14.9. The molecule has 0 aromatic rings. The Morgan fingerprint density at radius 2 is 2.00 bits per heavy atom. The van der Waals surface area contributed by atoms with Crippen LogP contribution in [0.4, 0.5) is 0 Å². The summed E-state index contributed by atoms with van der Waals surface area (Å²) < 4.78 is 0. The van der Waals surface area contributed by atoms with Gasteiger partial charge < -0.3 is 11.1 Å². The molecule has 3 nitrogen and oxygen atoms in total. The highest BCUT2D eigenvalue weighted by Crippen LogP contribution is 2.03. The number of nitrogens with one attached hydrogen (secondary N) is 1. The first-order valence-electron chi connectivity index (χ1n) is 5.59. The Labute approximate surface area is 87.4 Å². The zero-order valence-electron chi connectivity index (χ0n) is 9.68. The van der Waals surface area contributed by atoms with Crippen LogP contribution >= 0.6 is 0 Å². The van der Waals surface area contributed by atoms with Gasteiger partial charge in [-0.1, -0.05) is 20.3 Å². The molecule has 84 valence electrons. The minimum atomic E-state index is 0.159. The average molecular weight is 200 g/mol. The topological polar surface area (TPSA) is 55.1 Å². The molecule has 0 rings (SSSR count). The van der Waals surface area contributed by atoms with Crippen molar-refractivity contribution in [2.24, 2.45) is 11.7 Å². The summed E-state index contributed by atoms with van der Waals surface area (Å²) in [5.41, 5.74) is 5.48. The summed E-state index contributed by atoms with van der Waals surface area (Å²) in [7, 11) is 0. The van der Waals surface area contributed by atoms with Crippen LogP contribution in [-0.2, 0) is 4.79 Å². The van der Waals surface area contributed by atoms with E-state index < -0.39 is 0 Å². The fraction of sp³-hybridized carbons (Fsp3) is 0.909. The summed E-state index contributed by atoms with van der Waals surface area (Å²) in [4.78, 5) is 11.4. The SMILES string of the molecule is CCCC(C)NC(=O)CCC(C)CN. The van der Waals surface area contributed by atoms with Crippen molar-refractivity contribution in [2.75, 3.05) is 6.54 Å². The zero-order chi connectivity index (χ0) is 11.0. The fourth-order valence-corrected chi connectivity index (χ4v) is 1.35. The predicted molar refractivity (Wildman–Crippen MR) is 60.0 cm³/mol. The van der Waals surface area contributed by atoms with Crippen LogP contribution < -0.4 is 11.1 Å². The van der Waals surface area contributed by atoms with Crippen LogP contribution in [0.25, 0.3) is 0 Å². The van der Waals surface area contributed by atoms with E-state index >= 15 is 0 Å². The van der Waals surface area contributed by atoms with Crippen molar-refractivity contribution in [3.63, 3.8) is 0 Å². The number of hydrogen-bond acceptors (Lipinski definition) is 2. The molecule has 0 bridgehead atoms. The number of carbonyl (C=O) groups excluding carboxylic acids is 1. The van der Waals surface area contributed by atoms with E-state index in [2.05, 4.69) is 19.2 Å². The molecule has 0 fully saturated rings. The molecule has 0 spiro atoms. The van der Waals surface area contributed by atoms with Crippen LogP contribution in [-0.4, -0.2) is 18.5 Å². The number of rotatable bonds is 7. The molecule has 2 unspecified atom stereocenters. The molecule has 0 aliphatic heterocycles. The van der Waals surface area contributed by atoms with E-state index in [-0.39, 0.29) is 5.91 Å². The molecule has 3 heteroatoms. The van der Waals surface area contributed by atoms with Gasteiger partial charge in [-0.2, -0.15) is 0 Å². The Kier molecular flexibility index (Phi) is 7.48. The Morgan fingerprint density at radius 1 is 1.36 bits per heavy atom. The largest absolute Gasteiger partial charge is 0.354 e. The van der Waals surface area contributed by atoms with E-state index in [0.717, 1.165) is 19.3 Å². The number of carbonyl (C=O) groups is 1. The Morgan fingerprint density at radius 3 is 2.50 bits per heavy atom. The summed E-state index contributed by atoms with van der Waals surface area (Å²) in [6.45, 7) is 6.91. The van der Waals surface area contributed by atoms with Gasteiger partial charge in [0, 0.05) is 12.5 Å². The van der Waals surface area contributed by atoms with Gasteiger partial charge in [0.25, 0.3) is 0 Å². The van der Waals surface area contributed by atoms with Crippen LogP contribution in [0.5, 0.6) is 0 Å². The maximum absolute atomic E-state index is 11.4. The summed E-state index contributed by atoms with van der Waals surface area (Å²) in [6.07, 6.45) is 3.66. The van der Waals surface area contributed by atoms with Crippen molar-refractivity contribution in [1.29, 1.82) is 0 Å². The standard InChI is InChI=1S/C11H24N2O/c1-4-5-10(3)13-11(14)7-6-9(2)8-12/h9-10H,4-8,12H2,1-3H3,(H,13,14). The number of nitrogens with two attached hydrogens (primary N) is 1.